The third kappa shape index (κ3) is 3.25. The molecule has 19 heavy (non-hydrogen) atoms. The normalized spacial score (nSPS) is 11.3. The fraction of sp³-hybridized carbons (Fsp3) is 0.312. The summed E-state index contributed by atoms with van der Waals surface area (Å²) in [4.78, 5) is 4.06. The predicted octanol–water partition coefficient (Wildman–Crippen LogP) is 3.36. The molecular weight excluding hydrogens is 234 g/mol. The van der Waals surface area contributed by atoms with Gasteiger partial charge < -0.3 is 11.1 Å². The summed E-state index contributed by atoms with van der Waals surface area (Å²) in [7, 11) is 0. The number of pyridine rings is 1. The highest BCUT2D eigenvalue weighted by Crippen LogP contribution is 2.25. The van der Waals surface area contributed by atoms with Crippen molar-refractivity contribution in [3.05, 3.63) is 53.9 Å². The molecule has 0 amide bonds. The van der Waals surface area contributed by atoms with Crippen LogP contribution in [0, 0.1) is 6.92 Å². The third-order valence-corrected chi connectivity index (χ3v) is 3.39. The fourth-order valence-corrected chi connectivity index (χ4v) is 2.04. The van der Waals surface area contributed by atoms with E-state index in [1.807, 2.05) is 24.5 Å². The van der Waals surface area contributed by atoms with Crippen molar-refractivity contribution in [1.82, 2.24) is 4.98 Å². The van der Waals surface area contributed by atoms with Crippen LogP contribution in [0.4, 0.5) is 11.4 Å². The van der Waals surface area contributed by atoms with Crippen molar-refractivity contribution in [1.29, 1.82) is 0 Å². The highest BCUT2D eigenvalue weighted by Gasteiger charge is 2.20. The Kier molecular flexibility index (Phi) is 3.74. The van der Waals surface area contributed by atoms with Gasteiger partial charge in [-0.05, 0) is 42.3 Å². The van der Waals surface area contributed by atoms with Gasteiger partial charge in [-0.1, -0.05) is 19.9 Å². The molecule has 0 fully saturated rings. The largest absolute Gasteiger partial charge is 0.397 e. The van der Waals surface area contributed by atoms with Crippen LogP contribution in [0.5, 0.6) is 0 Å². The van der Waals surface area contributed by atoms with Gasteiger partial charge in [0.05, 0.1) is 11.4 Å². The second kappa shape index (κ2) is 5.31. The van der Waals surface area contributed by atoms with Gasteiger partial charge in [-0.3, -0.25) is 4.98 Å². The van der Waals surface area contributed by atoms with E-state index < -0.39 is 0 Å². The Morgan fingerprint density at radius 2 is 1.84 bits per heavy atom. The standard InChI is InChI=1S/C16H21N3/c1-12-4-5-14(17)15(10-12)19-11-16(2,3)13-6-8-18-9-7-13/h4-10,19H,11,17H2,1-3H3. The number of nitrogens with two attached hydrogens (primary N) is 1. The molecule has 2 aromatic rings. The number of nitrogens with zero attached hydrogens (tertiary/aromatic N) is 1. The van der Waals surface area contributed by atoms with Crippen molar-refractivity contribution in [2.75, 3.05) is 17.6 Å². The first-order valence-electron chi connectivity index (χ1n) is 6.49. The lowest BCUT2D eigenvalue weighted by atomic mass is 9.85. The fourth-order valence-electron chi connectivity index (χ4n) is 2.04. The summed E-state index contributed by atoms with van der Waals surface area (Å²) < 4.78 is 0. The molecule has 1 aromatic heterocycles. The number of aryl methyl sites for hydroxylation is 1. The number of nitrogen functional groups attached to an aromatic ring is 1. The number of benzene rings is 1. The summed E-state index contributed by atoms with van der Waals surface area (Å²) in [6.07, 6.45) is 3.66. The molecule has 1 aromatic carbocycles. The van der Waals surface area contributed by atoms with E-state index in [2.05, 4.69) is 49.3 Å². The van der Waals surface area contributed by atoms with Gasteiger partial charge in [0.25, 0.3) is 0 Å². The van der Waals surface area contributed by atoms with E-state index in [1.54, 1.807) is 0 Å². The molecule has 0 bridgehead atoms. The molecule has 0 aliphatic carbocycles. The maximum absolute atomic E-state index is 5.98. The Hall–Kier alpha value is -2.03. The number of hydrogen-bond acceptors (Lipinski definition) is 3. The van der Waals surface area contributed by atoms with Crippen molar-refractivity contribution in [3.63, 3.8) is 0 Å². The van der Waals surface area contributed by atoms with Gasteiger partial charge in [0, 0.05) is 24.4 Å². The van der Waals surface area contributed by atoms with Gasteiger partial charge in [0.15, 0.2) is 0 Å². The maximum Gasteiger partial charge on any atom is 0.0576 e. The minimum absolute atomic E-state index is 0.0269. The Morgan fingerprint density at radius 3 is 2.53 bits per heavy atom. The Morgan fingerprint density at radius 1 is 1.16 bits per heavy atom. The van der Waals surface area contributed by atoms with Gasteiger partial charge in [0.1, 0.15) is 0 Å². The Labute approximate surface area is 114 Å². The number of aromatic nitrogens is 1. The van der Waals surface area contributed by atoms with E-state index >= 15 is 0 Å². The summed E-state index contributed by atoms with van der Waals surface area (Å²) in [6.45, 7) is 7.31. The van der Waals surface area contributed by atoms with Crippen LogP contribution in [0.3, 0.4) is 0 Å². The van der Waals surface area contributed by atoms with Crippen molar-refractivity contribution >= 4 is 11.4 Å². The van der Waals surface area contributed by atoms with Crippen LogP contribution in [0.25, 0.3) is 0 Å². The molecule has 100 valence electrons. The molecular formula is C16H21N3. The van der Waals surface area contributed by atoms with E-state index in [4.69, 9.17) is 5.73 Å². The van der Waals surface area contributed by atoms with Crippen LogP contribution in [0.1, 0.15) is 25.0 Å². The minimum Gasteiger partial charge on any atom is -0.397 e. The van der Waals surface area contributed by atoms with E-state index in [-0.39, 0.29) is 5.41 Å². The summed E-state index contributed by atoms with van der Waals surface area (Å²) >= 11 is 0. The second-order valence-electron chi connectivity index (χ2n) is 5.56. The molecule has 0 radical (unpaired) electrons. The Balaban J connectivity index is 2.12. The summed E-state index contributed by atoms with van der Waals surface area (Å²) in [5.41, 5.74) is 10.3. The zero-order chi connectivity index (χ0) is 13.9. The number of anilines is 2. The van der Waals surface area contributed by atoms with Gasteiger partial charge in [-0.15, -0.1) is 0 Å². The average Bonchev–Trinajstić information content (AvgIpc) is 2.41. The van der Waals surface area contributed by atoms with Crippen molar-refractivity contribution in [2.45, 2.75) is 26.2 Å². The molecule has 0 saturated carbocycles. The monoisotopic (exact) mass is 255 g/mol. The smallest absolute Gasteiger partial charge is 0.0576 e. The zero-order valence-corrected chi connectivity index (χ0v) is 11.8. The van der Waals surface area contributed by atoms with Crippen LogP contribution in [-0.4, -0.2) is 11.5 Å². The number of nitrogens with one attached hydrogen (secondary N) is 1. The first-order valence-corrected chi connectivity index (χ1v) is 6.49. The highest BCUT2D eigenvalue weighted by molar-refractivity contribution is 5.67. The molecule has 3 nitrogen and oxygen atoms in total. The quantitative estimate of drug-likeness (QED) is 0.824. The molecule has 0 saturated heterocycles. The van der Waals surface area contributed by atoms with Crippen LogP contribution < -0.4 is 11.1 Å². The Bertz CT molecular complexity index is 547. The lowest BCUT2D eigenvalue weighted by Gasteiger charge is -2.26. The SMILES string of the molecule is Cc1ccc(N)c(NCC(C)(C)c2ccncc2)c1. The van der Waals surface area contributed by atoms with E-state index in [1.165, 1.54) is 11.1 Å². The first-order chi connectivity index (χ1) is 8.99. The van der Waals surface area contributed by atoms with Gasteiger partial charge >= 0.3 is 0 Å². The van der Waals surface area contributed by atoms with Crippen LogP contribution in [0.2, 0.25) is 0 Å². The predicted molar refractivity (Wildman–Crippen MR) is 81.3 cm³/mol. The lowest BCUT2D eigenvalue weighted by molar-refractivity contribution is 0.556. The third-order valence-electron chi connectivity index (χ3n) is 3.39. The van der Waals surface area contributed by atoms with E-state index in [0.717, 1.165) is 17.9 Å². The summed E-state index contributed by atoms with van der Waals surface area (Å²) in [5, 5.41) is 3.45. The molecule has 3 N–H and O–H groups in total. The average molecular weight is 255 g/mol. The molecule has 2 rings (SSSR count). The van der Waals surface area contributed by atoms with Gasteiger partial charge in [-0.25, -0.2) is 0 Å². The zero-order valence-electron chi connectivity index (χ0n) is 11.8. The molecule has 1 heterocycles. The van der Waals surface area contributed by atoms with Crippen molar-refractivity contribution < 1.29 is 0 Å². The summed E-state index contributed by atoms with van der Waals surface area (Å²) in [6, 6.07) is 10.2. The van der Waals surface area contributed by atoms with Crippen LogP contribution in [0.15, 0.2) is 42.7 Å². The van der Waals surface area contributed by atoms with Crippen LogP contribution in [-0.2, 0) is 5.41 Å². The molecule has 0 aliphatic rings. The van der Waals surface area contributed by atoms with Gasteiger partial charge in [0.2, 0.25) is 0 Å². The molecule has 3 heteroatoms. The number of hydrogen-bond donors (Lipinski definition) is 2. The molecule has 0 aliphatic heterocycles. The maximum atomic E-state index is 5.98. The van der Waals surface area contributed by atoms with Crippen molar-refractivity contribution in [2.24, 2.45) is 0 Å². The van der Waals surface area contributed by atoms with E-state index in [9.17, 15) is 0 Å². The second-order valence-corrected chi connectivity index (χ2v) is 5.56. The highest BCUT2D eigenvalue weighted by atomic mass is 14.9. The molecule has 0 unspecified atom stereocenters. The first kappa shape index (κ1) is 13.4. The molecule has 0 spiro atoms. The lowest BCUT2D eigenvalue weighted by Crippen LogP contribution is -2.27. The number of rotatable bonds is 4. The topological polar surface area (TPSA) is 50.9 Å². The van der Waals surface area contributed by atoms with E-state index in [0.29, 0.717) is 0 Å². The minimum atomic E-state index is 0.0269. The summed E-state index contributed by atoms with van der Waals surface area (Å²) in [5.74, 6) is 0. The van der Waals surface area contributed by atoms with Crippen molar-refractivity contribution in [3.8, 4) is 0 Å². The van der Waals surface area contributed by atoms with Crippen LogP contribution >= 0.6 is 0 Å². The molecule has 0 atom stereocenters. The van der Waals surface area contributed by atoms with Gasteiger partial charge in [-0.2, -0.15) is 0 Å².